The zero-order chi connectivity index (χ0) is 9.68. The number of aromatic nitrogens is 2. The zero-order valence-electron chi connectivity index (χ0n) is 7.82. The maximum absolute atomic E-state index is 5.48. The average Bonchev–Trinajstić information content (AvgIpc) is 2.14. The van der Waals surface area contributed by atoms with Gasteiger partial charge in [0.25, 0.3) is 0 Å². The first-order valence-corrected chi connectivity index (χ1v) is 4.06. The molecular weight excluding hydrogens is 168 g/mol. The Kier molecular flexibility index (Phi) is 3.45. The highest BCUT2D eigenvalue weighted by atomic mass is 16.5. The van der Waals surface area contributed by atoms with Gasteiger partial charge in [0.2, 0.25) is 0 Å². The van der Waals surface area contributed by atoms with Crippen LogP contribution in [-0.4, -0.2) is 29.7 Å². The Morgan fingerprint density at radius 2 is 2.38 bits per heavy atom. The van der Waals surface area contributed by atoms with E-state index >= 15 is 0 Å². The second-order valence-corrected chi connectivity index (χ2v) is 2.76. The molecule has 1 rings (SSSR count). The second kappa shape index (κ2) is 4.61. The molecule has 1 atom stereocenters. The van der Waals surface area contributed by atoms with Crippen molar-refractivity contribution >= 4 is 11.6 Å². The molecule has 1 unspecified atom stereocenters. The van der Waals surface area contributed by atoms with Gasteiger partial charge in [-0.2, -0.15) is 0 Å². The first kappa shape index (κ1) is 9.73. The number of nitrogens with two attached hydrogens (primary N) is 1. The number of nitrogen functional groups attached to an aromatic ring is 1. The molecule has 5 heteroatoms. The molecule has 1 aromatic rings. The van der Waals surface area contributed by atoms with Gasteiger partial charge < -0.3 is 15.8 Å². The largest absolute Gasteiger partial charge is 0.384 e. The van der Waals surface area contributed by atoms with Crippen molar-refractivity contribution in [3.05, 3.63) is 12.4 Å². The van der Waals surface area contributed by atoms with E-state index in [1.54, 1.807) is 13.2 Å². The molecule has 0 saturated carbocycles. The van der Waals surface area contributed by atoms with Crippen LogP contribution in [-0.2, 0) is 4.74 Å². The Morgan fingerprint density at radius 1 is 1.62 bits per heavy atom. The molecule has 1 aromatic heterocycles. The first-order valence-electron chi connectivity index (χ1n) is 4.06. The summed E-state index contributed by atoms with van der Waals surface area (Å²) in [5.41, 5.74) is 5.48. The van der Waals surface area contributed by atoms with Crippen LogP contribution in [0.4, 0.5) is 11.6 Å². The summed E-state index contributed by atoms with van der Waals surface area (Å²) in [4.78, 5) is 7.77. The van der Waals surface area contributed by atoms with Crippen LogP contribution in [0.25, 0.3) is 0 Å². The van der Waals surface area contributed by atoms with Gasteiger partial charge in [0.1, 0.15) is 18.0 Å². The fourth-order valence-electron chi connectivity index (χ4n) is 0.801. The van der Waals surface area contributed by atoms with Crippen molar-refractivity contribution in [1.29, 1.82) is 0 Å². The first-order chi connectivity index (χ1) is 6.22. The van der Waals surface area contributed by atoms with Gasteiger partial charge in [-0.3, -0.25) is 0 Å². The van der Waals surface area contributed by atoms with E-state index in [1.165, 1.54) is 6.33 Å². The molecular formula is C8H14N4O. The van der Waals surface area contributed by atoms with Crippen molar-refractivity contribution in [3.8, 4) is 0 Å². The van der Waals surface area contributed by atoms with Gasteiger partial charge in [-0.25, -0.2) is 9.97 Å². The molecule has 0 aliphatic heterocycles. The lowest BCUT2D eigenvalue weighted by atomic mass is 10.4. The summed E-state index contributed by atoms with van der Waals surface area (Å²) >= 11 is 0. The SMILES string of the molecule is COC(C)CNc1cc(N)ncn1. The standard InChI is InChI=1S/C8H14N4O/c1-6(13-2)4-10-8-3-7(9)11-5-12-8/h3,5-6H,4H2,1-2H3,(H3,9,10,11,12). The van der Waals surface area contributed by atoms with Gasteiger partial charge >= 0.3 is 0 Å². The number of anilines is 2. The Bertz CT molecular complexity index is 266. The number of rotatable bonds is 4. The van der Waals surface area contributed by atoms with E-state index in [9.17, 15) is 0 Å². The van der Waals surface area contributed by atoms with Crippen molar-refractivity contribution in [3.63, 3.8) is 0 Å². The summed E-state index contributed by atoms with van der Waals surface area (Å²) < 4.78 is 5.06. The fourth-order valence-corrected chi connectivity index (χ4v) is 0.801. The average molecular weight is 182 g/mol. The van der Waals surface area contributed by atoms with Crippen LogP contribution in [0.5, 0.6) is 0 Å². The van der Waals surface area contributed by atoms with Gasteiger partial charge in [-0.1, -0.05) is 0 Å². The molecule has 0 fully saturated rings. The Morgan fingerprint density at radius 3 is 3.00 bits per heavy atom. The molecule has 3 N–H and O–H groups in total. The van der Waals surface area contributed by atoms with Crippen molar-refractivity contribution in [1.82, 2.24) is 9.97 Å². The van der Waals surface area contributed by atoms with Crippen LogP contribution in [0.3, 0.4) is 0 Å². The van der Waals surface area contributed by atoms with Crippen LogP contribution < -0.4 is 11.1 Å². The quantitative estimate of drug-likeness (QED) is 0.709. The summed E-state index contributed by atoms with van der Waals surface area (Å²) in [6, 6.07) is 1.68. The predicted octanol–water partition coefficient (Wildman–Crippen LogP) is 0.506. The second-order valence-electron chi connectivity index (χ2n) is 2.76. The highest BCUT2D eigenvalue weighted by molar-refractivity contribution is 5.43. The number of nitrogens with one attached hydrogen (secondary N) is 1. The molecule has 72 valence electrons. The predicted molar refractivity (Wildman–Crippen MR) is 51.4 cm³/mol. The van der Waals surface area contributed by atoms with Crippen LogP contribution in [0.1, 0.15) is 6.92 Å². The summed E-state index contributed by atoms with van der Waals surface area (Å²) in [7, 11) is 1.67. The molecule has 0 aliphatic rings. The van der Waals surface area contributed by atoms with Gasteiger partial charge in [0.15, 0.2) is 0 Å². The fraction of sp³-hybridized carbons (Fsp3) is 0.500. The number of hydrogen-bond acceptors (Lipinski definition) is 5. The molecule has 0 radical (unpaired) electrons. The monoisotopic (exact) mass is 182 g/mol. The molecule has 5 nitrogen and oxygen atoms in total. The Hall–Kier alpha value is -1.36. The van der Waals surface area contributed by atoms with Crippen molar-refractivity contribution < 1.29 is 4.74 Å². The zero-order valence-corrected chi connectivity index (χ0v) is 7.82. The molecule has 0 aromatic carbocycles. The van der Waals surface area contributed by atoms with Crippen molar-refractivity contribution in [2.45, 2.75) is 13.0 Å². The maximum Gasteiger partial charge on any atom is 0.131 e. The van der Waals surface area contributed by atoms with Crippen molar-refractivity contribution in [2.75, 3.05) is 24.7 Å². The van der Waals surface area contributed by atoms with E-state index < -0.39 is 0 Å². The summed E-state index contributed by atoms with van der Waals surface area (Å²) in [6.07, 6.45) is 1.57. The Balaban J connectivity index is 2.45. The molecule has 0 bridgehead atoms. The summed E-state index contributed by atoms with van der Waals surface area (Å²) in [5, 5.41) is 3.08. The van der Waals surface area contributed by atoms with E-state index in [0.717, 1.165) is 5.82 Å². The van der Waals surface area contributed by atoms with Crippen LogP contribution >= 0.6 is 0 Å². The number of hydrogen-bond donors (Lipinski definition) is 2. The van der Waals surface area contributed by atoms with Crippen LogP contribution in [0.15, 0.2) is 12.4 Å². The molecule has 1 heterocycles. The highest BCUT2D eigenvalue weighted by Crippen LogP contribution is 2.04. The maximum atomic E-state index is 5.48. The van der Waals surface area contributed by atoms with E-state index in [4.69, 9.17) is 10.5 Å². The summed E-state index contributed by atoms with van der Waals surface area (Å²) in [5.74, 6) is 1.18. The van der Waals surface area contributed by atoms with Gasteiger partial charge in [-0.15, -0.1) is 0 Å². The normalized spacial score (nSPS) is 12.5. The van der Waals surface area contributed by atoms with Crippen LogP contribution in [0.2, 0.25) is 0 Å². The van der Waals surface area contributed by atoms with E-state index in [-0.39, 0.29) is 6.10 Å². The van der Waals surface area contributed by atoms with Crippen LogP contribution in [0, 0.1) is 0 Å². The highest BCUT2D eigenvalue weighted by Gasteiger charge is 1.99. The minimum atomic E-state index is 0.149. The minimum absolute atomic E-state index is 0.149. The smallest absolute Gasteiger partial charge is 0.131 e. The number of methoxy groups -OCH3 is 1. The third-order valence-electron chi connectivity index (χ3n) is 1.66. The lowest BCUT2D eigenvalue weighted by molar-refractivity contribution is 0.128. The number of ether oxygens (including phenoxy) is 1. The molecule has 13 heavy (non-hydrogen) atoms. The van der Waals surface area contributed by atoms with E-state index in [1.807, 2.05) is 6.92 Å². The van der Waals surface area contributed by atoms with Gasteiger partial charge in [-0.05, 0) is 6.92 Å². The third-order valence-corrected chi connectivity index (χ3v) is 1.66. The van der Waals surface area contributed by atoms with Crippen molar-refractivity contribution in [2.24, 2.45) is 0 Å². The van der Waals surface area contributed by atoms with E-state index in [0.29, 0.717) is 12.4 Å². The minimum Gasteiger partial charge on any atom is -0.384 e. The number of nitrogens with zero attached hydrogens (tertiary/aromatic N) is 2. The lowest BCUT2D eigenvalue weighted by Crippen LogP contribution is -2.18. The molecule has 0 amide bonds. The topological polar surface area (TPSA) is 73.1 Å². The van der Waals surface area contributed by atoms with Gasteiger partial charge in [0.05, 0.1) is 6.10 Å². The van der Waals surface area contributed by atoms with Gasteiger partial charge in [0, 0.05) is 19.7 Å². The molecule has 0 saturated heterocycles. The Labute approximate surface area is 77.3 Å². The summed E-state index contributed by atoms with van der Waals surface area (Å²) in [6.45, 7) is 2.67. The van der Waals surface area contributed by atoms with E-state index in [2.05, 4.69) is 15.3 Å². The molecule has 0 aliphatic carbocycles. The lowest BCUT2D eigenvalue weighted by Gasteiger charge is -2.10. The third kappa shape index (κ3) is 3.25. The molecule has 0 spiro atoms.